The Morgan fingerprint density at radius 1 is 0.947 bits per heavy atom. The summed E-state index contributed by atoms with van der Waals surface area (Å²) < 4.78 is 24.2. The summed E-state index contributed by atoms with van der Waals surface area (Å²) in [6, 6.07) is 21.2. The largest absolute Gasteiger partial charge is 0.353 e. The smallest absolute Gasteiger partial charge is 0.326 e. The van der Waals surface area contributed by atoms with Gasteiger partial charge in [0.25, 0.3) is 0 Å². The van der Waals surface area contributed by atoms with Crippen molar-refractivity contribution in [2.45, 2.75) is 30.8 Å². The molecule has 5 rings (SSSR count). The highest BCUT2D eigenvalue weighted by Gasteiger charge is 2.44. The van der Waals surface area contributed by atoms with E-state index >= 15 is 0 Å². The maximum atomic E-state index is 14.1. The third-order valence-electron chi connectivity index (χ3n) is 6.92. The Morgan fingerprint density at radius 3 is 2.29 bits per heavy atom. The maximum absolute atomic E-state index is 14.1. The normalized spacial score (nSPS) is 19.8. The van der Waals surface area contributed by atoms with Gasteiger partial charge in [0.1, 0.15) is 18.4 Å². The Labute approximate surface area is 222 Å². The van der Waals surface area contributed by atoms with E-state index in [2.05, 4.69) is 5.32 Å². The minimum Gasteiger partial charge on any atom is -0.353 e. The zero-order valence-corrected chi connectivity index (χ0v) is 22.4. The van der Waals surface area contributed by atoms with Gasteiger partial charge in [-0.1, -0.05) is 71.8 Å². The number of carbonyl (C=O) groups is 2. The highest BCUT2D eigenvalue weighted by molar-refractivity contribution is 7.90. The van der Waals surface area contributed by atoms with Crippen LogP contribution < -0.4 is 5.32 Å². The Kier molecular flexibility index (Phi) is 6.79. The fourth-order valence-corrected chi connectivity index (χ4v) is 5.60. The number of nitrogens with one attached hydrogen (secondary N) is 1. The second-order valence-corrected chi connectivity index (χ2v) is 11.9. The second kappa shape index (κ2) is 10.1. The average Bonchev–Trinajstić information content (AvgIpc) is 3.29. The van der Waals surface area contributed by atoms with E-state index in [4.69, 9.17) is 4.99 Å². The van der Waals surface area contributed by atoms with Crippen molar-refractivity contribution >= 4 is 27.6 Å². The van der Waals surface area contributed by atoms with Gasteiger partial charge in [0.2, 0.25) is 5.91 Å². The Balaban J connectivity index is 1.67. The van der Waals surface area contributed by atoms with E-state index in [1.807, 2.05) is 62.4 Å². The van der Waals surface area contributed by atoms with Crippen LogP contribution in [0.15, 0.2) is 82.7 Å². The van der Waals surface area contributed by atoms with Crippen molar-refractivity contribution in [1.29, 1.82) is 0 Å². The van der Waals surface area contributed by atoms with Crippen LogP contribution in [0.3, 0.4) is 0 Å². The number of amides is 3. The number of nitrogens with zero attached hydrogens (tertiary/aromatic N) is 3. The van der Waals surface area contributed by atoms with Crippen LogP contribution in [-0.4, -0.2) is 61.9 Å². The van der Waals surface area contributed by atoms with Crippen LogP contribution in [-0.2, 0) is 14.6 Å². The first kappa shape index (κ1) is 25.7. The molecule has 2 aliphatic rings. The van der Waals surface area contributed by atoms with E-state index in [1.165, 1.54) is 6.26 Å². The Morgan fingerprint density at radius 2 is 1.66 bits per heavy atom. The van der Waals surface area contributed by atoms with E-state index < -0.39 is 21.9 Å². The summed E-state index contributed by atoms with van der Waals surface area (Å²) in [6.45, 7) is 4.76. The molecular weight excluding hydrogens is 500 g/mol. The van der Waals surface area contributed by atoms with Gasteiger partial charge in [-0.3, -0.25) is 14.7 Å². The van der Waals surface area contributed by atoms with Crippen molar-refractivity contribution in [3.8, 4) is 0 Å². The summed E-state index contributed by atoms with van der Waals surface area (Å²) in [6.07, 6.45) is 1.18. The van der Waals surface area contributed by atoms with E-state index in [0.29, 0.717) is 18.9 Å². The summed E-state index contributed by atoms with van der Waals surface area (Å²) in [5.41, 5.74) is 4.62. The maximum Gasteiger partial charge on any atom is 0.326 e. The van der Waals surface area contributed by atoms with Gasteiger partial charge in [-0.2, -0.15) is 0 Å². The van der Waals surface area contributed by atoms with Crippen LogP contribution in [0, 0.1) is 13.8 Å². The molecule has 0 bridgehead atoms. The molecule has 2 aliphatic heterocycles. The third-order valence-corrected chi connectivity index (χ3v) is 8.05. The first-order valence-electron chi connectivity index (χ1n) is 12.5. The molecule has 1 fully saturated rings. The molecule has 1 saturated heterocycles. The zero-order chi connectivity index (χ0) is 27.0. The van der Waals surface area contributed by atoms with Crippen molar-refractivity contribution < 1.29 is 18.0 Å². The first-order valence-corrected chi connectivity index (χ1v) is 14.4. The molecule has 2 heterocycles. The van der Waals surface area contributed by atoms with Crippen LogP contribution in [0.25, 0.3) is 0 Å². The molecule has 1 N–H and O–H groups in total. The van der Waals surface area contributed by atoms with Gasteiger partial charge in [0, 0.05) is 24.9 Å². The summed E-state index contributed by atoms with van der Waals surface area (Å²) in [7, 11) is -3.36. The molecule has 0 aliphatic carbocycles. The lowest BCUT2D eigenvalue weighted by molar-refractivity contribution is -0.123. The first-order chi connectivity index (χ1) is 18.1. The van der Waals surface area contributed by atoms with Crippen LogP contribution in [0.1, 0.15) is 39.9 Å². The number of carbonyl (C=O) groups excluding carboxylic acids is 2. The fourth-order valence-electron chi connectivity index (χ4n) is 4.97. The summed E-state index contributed by atoms with van der Waals surface area (Å²) in [5, 5.41) is 2.78. The molecule has 0 aromatic heterocycles. The van der Waals surface area contributed by atoms with E-state index in [-0.39, 0.29) is 23.4 Å². The Bertz CT molecular complexity index is 1510. The highest BCUT2D eigenvalue weighted by Crippen LogP contribution is 2.44. The topological polar surface area (TPSA) is 99.2 Å². The lowest BCUT2D eigenvalue weighted by Crippen LogP contribution is -2.55. The highest BCUT2D eigenvalue weighted by atomic mass is 32.2. The molecule has 3 aromatic rings. The molecule has 8 nitrogen and oxygen atoms in total. The van der Waals surface area contributed by atoms with Gasteiger partial charge in [0.15, 0.2) is 9.84 Å². The van der Waals surface area contributed by atoms with Crippen molar-refractivity contribution in [3.05, 3.63) is 101 Å². The molecule has 2 atom stereocenters. The van der Waals surface area contributed by atoms with Crippen LogP contribution in [0.5, 0.6) is 0 Å². The standard InChI is InChI=1S/C29H30N4O4S/c1-19-7-9-22(10-8-19)28-31-26(21-11-13-24(14-12-21)38(3,36)37)27(23-6-4-5-20(2)17-23)33(28)29(35)32-16-15-30-25(34)18-32/h4-14,17,26-27H,15-16,18H2,1-3H3,(H,30,34). The number of sulfone groups is 1. The molecule has 9 heteroatoms. The van der Waals surface area contributed by atoms with Gasteiger partial charge < -0.3 is 10.2 Å². The van der Waals surface area contributed by atoms with Gasteiger partial charge in [-0.05, 0) is 37.1 Å². The van der Waals surface area contributed by atoms with Gasteiger partial charge >= 0.3 is 6.03 Å². The lowest BCUT2D eigenvalue weighted by atomic mass is 9.93. The van der Waals surface area contributed by atoms with Crippen molar-refractivity contribution in [2.24, 2.45) is 4.99 Å². The van der Waals surface area contributed by atoms with Crippen LogP contribution in [0.4, 0.5) is 4.79 Å². The summed E-state index contributed by atoms with van der Waals surface area (Å²) in [4.78, 5) is 34.9. The number of piperazine rings is 1. The predicted octanol–water partition coefficient (Wildman–Crippen LogP) is 3.80. The number of aryl methyl sites for hydroxylation is 2. The summed E-state index contributed by atoms with van der Waals surface area (Å²) in [5.74, 6) is 0.322. The minimum absolute atomic E-state index is 0.0230. The molecule has 3 aromatic carbocycles. The van der Waals surface area contributed by atoms with Crippen molar-refractivity contribution in [3.63, 3.8) is 0 Å². The molecule has 0 radical (unpaired) electrons. The number of rotatable bonds is 4. The van der Waals surface area contributed by atoms with Gasteiger partial charge in [-0.25, -0.2) is 13.2 Å². The number of aliphatic imine (C=N–C) groups is 1. The molecule has 2 unspecified atom stereocenters. The predicted molar refractivity (Wildman–Crippen MR) is 146 cm³/mol. The SMILES string of the molecule is Cc1ccc(C2=NC(c3ccc(S(C)(=O)=O)cc3)C(c3cccc(C)c3)N2C(=O)N2CCNC(=O)C2)cc1. The molecular formula is C29H30N4O4S. The number of amidine groups is 1. The number of urea groups is 1. The second-order valence-electron chi connectivity index (χ2n) is 9.89. The Hall–Kier alpha value is -3.98. The number of benzene rings is 3. The minimum atomic E-state index is -3.36. The number of hydrogen-bond donors (Lipinski definition) is 1. The van der Waals surface area contributed by atoms with E-state index in [9.17, 15) is 18.0 Å². The van der Waals surface area contributed by atoms with Crippen molar-refractivity contribution in [1.82, 2.24) is 15.1 Å². The van der Waals surface area contributed by atoms with Crippen LogP contribution in [0.2, 0.25) is 0 Å². The van der Waals surface area contributed by atoms with E-state index in [0.717, 1.165) is 27.8 Å². The third kappa shape index (κ3) is 5.06. The lowest BCUT2D eigenvalue weighted by Gasteiger charge is -2.35. The summed E-state index contributed by atoms with van der Waals surface area (Å²) >= 11 is 0. The fraction of sp³-hybridized carbons (Fsp3) is 0.276. The zero-order valence-electron chi connectivity index (χ0n) is 21.6. The number of hydrogen-bond acceptors (Lipinski definition) is 5. The molecule has 3 amide bonds. The average molecular weight is 531 g/mol. The molecule has 0 saturated carbocycles. The van der Waals surface area contributed by atoms with Crippen molar-refractivity contribution in [2.75, 3.05) is 25.9 Å². The quantitative estimate of drug-likeness (QED) is 0.555. The van der Waals surface area contributed by atoms with Crippen LogP contribution >= 0.6 is 0 Å². The van der Waals surface area contributed by atoms with Gasteiger partial charge in [0.05, 0.1) is 10.9 Å². The van der Waals surface area contributed by atoms with E-state index in [1.54, 1.807) is 34.1 Å². The molecule has 196 valence electrons. The monoisotopic (exact) mass is 530 g/mol. The molecule has 0 spiro atoms. The molecule has 38 heavy (non-hydrogen) atoms. The van der Waals surface area contributed by atoms with Gasteiger partial charge in [-0.15, -0.1) is 0 Å².